The largest absolute Gasteiger partial charge is 0.389 e. The molecule has 1 aromatic rings. The fraction of sp³-hybridized carbons (Fsp3) is 0.600. The lowest BCUT2D eigenvalue weighted by Crippen LogP contribution is -2.28. The summed E-state index contributed by atoms with van der Waals surface area (Å²) in [6.45, 7) is 10.5. The molecule has 1 N–H and O–H groups in total. The van der Waals surface area contributed by atoms with Gasteiger partial charge in [-0.05, 0) is 53.4 Å². The standard InChI is InChI=1S/C15H24BrNO/c1-5-11(3)10-17(6-2)15-8-7-13(12(4)18)9-14(15)16/h7-9,11-12,18H,5-6,10H2,1-4H3/t11?,12-/m1/s1. The van der Waals surface area contributed by atoms with Crippen molar-refractivity contribution in [1.82, 2.24) is 0 Å². The molecule has 0 heterocycles. The zero-order chi connectivity index (χ0) is 13.7. The molecule has 18 heavy (non-hydrogen) atoms. The molecule has 0 amide bonds. The molecule has 1 aromatic carbocycles. The van der Waals surface area contributed by atoms with Crippen LogP contribution in [0.3, 0.4) is 0 Å². The smallest absolute Gasteiger partial charge is 0.0762 e. The molecule has 1 unspecified atom stereocenters. The van der Waals surface area contributed by atoms with E-state index in [2.05, 4.69) is 47.7 Å². The molecule has 0 aliphatic carbocycles. The van der Waals surface area contributed by atoms with Gasteiger partial charge in [0.15, 0.2) is 0 Å². The topological polar surface area (TPSA) is 23.5 Å². The fourth-order valence-corrected chi connectivity index (χ4v) is 2.59. The average Bonchev–Trinajstić information content (AvgIpc) is 2.35. The summed E-state index contributed by atoms with van der Waals surface area (Å²) in [5, 5.41) is 9.58. The van der Waals surface area contributed by atoms with Gasteiger partial charge in [0.05, 0.1) is 11.8 Å². The maximum Gasteiger partial charge on any atom is 0.0762 e. The van der Waals surface area contributed by atoms with Crippen LogP contribution in [0.4, 0.5) is 5.69 Å². The van der Waals surface area contributed by atoms with Crippen molar-refractivity contribution in [3.8, 4) is 0 Å². The van der Waals surface area contributed by atoms with Crippen molar-refractivity contribution in [3.63, 3.8) is 0 Å². The summed E-state index contributed by atoms with van der Waals surface area (Å²) in [5.74, 6) is 0.688. The second-order valence-corrected chi connectivity index (χ2v) is 5.79. The van der Waals surface area contributed by atoms with Gasteiger partial charge in [0, 0.05) is 17.6 Å². The Kier molecular flexibility index (Phi) is 6.16. The number of hydrogen-bond donors (Lipinski definition) is 1. The molecule has 0 aliphatic rings. The van der Waals surface area contributed by atoms with Gasteiger partial charge in [0.2, 0.25) is 0 Å². The number of nitrogens with zero attached hydrogens (tertiary/aromatic N) is 1. The minimum atomic E-state index is -0.417. The Morgan fingerprint density at radius 2 is 1.94 bits per heavy atom. The van der Waals surface area contributed by atoms with Crippen molar-refractivity contribution < 1.29 is 5.11 Å². The lowest BCUT2D eigenvalue weighted by Gasteiger charge is -2.27. The number of rotatable bonds is 6. The van der Waals surface area contributed by atoms with E-state index >= 15 is 0 Å². The zero-order valence-electron chi connectivity index (χ0n) is 11.8. The third-order valence-corrected chi connectivity index (χ3v) is 4.04. The van der Waals surface area contributed by atoms with Crippen LogP contribution < -0.4 is 4.90 Å². The summed E-state index contributed by atoms with van der Waals surface area (Å²) in [4.78, 5) is 2.38. The zero-order valence-corrected chi connectivity index (χ0v) is 13.4. The first kappa shape index (κ1) is 15.5. The molecule has 3 heteroatoms. The highest BCUT2D eigenvalue weighted by molar-refractivity contribution is 9.10. The average molecular weight is 314 g/mol. The first-order chi connectivity index (χ1) is 8.49. The fourth-order valence-electron chi connectivity index (χ4n) is 1.94. The highest BCUT2D eigenvalue weighted by atomic mass is 79.9. The minimum Gasteiger partial charge on any atom is -0.389 e. The Morgan fingerprint density at radius 3 is 2.39 bits per heavy atom. The molecular weight excluding hydrogens is 290 g/mol. The molecule has 0 bridgehead atoms. The van der Waals surface area contributed by atoms with Crippen molar-refractivity contribution in [2.45, 2.75) is 40.2 Å². The molecule has 0 saturated carbocycles. The van der Waals surface area contributed by atoms with Gasteiger partial charge < -0.3 is 10.0 Å². The summed E-state index contributed by atoms with van der Waals surface area (Å²) in [6.07, 6.45) is 0.778. The molecule has 0 saturated heterocycles. The van der Waals surface area contributed by atoms with E-state index in [1.54, 1.807) is 6.92 Å². The Bertz CT molecular complexity index is 379. The van der Waals surface area contributed by atoms with Crippen LogP contribution in [-0.2, 0) is 0 Å². The molecule has 0 fully saturated rings. The molecule has 1 rings (SSSR count). The van der Waals surface area contributed by atoms with Crippen LogP contribution in [0, 0.1) is 5.92 Å². The van der Waals surface area contributed by atoms with Gasteiger partial charge in [0.25, 0.3) is 0 Å². The summed E-state index contributed by atoms with van der Waals surface area (Å²) in [7, 11) is 0. The van der Waals surface area contributed by atoms with E-state index < -0.39 is 6.10 Å². The summed E-state index contributed by atoms with van der Waals surface area (Å²) < 4.78 is 1.06. The molecule has 102 valence electrons. The van der Waals surface area contributed by atoms with Crippen LogP contribution in [0.5, 0.6) is 0 Å². The quantitative estimate of drug-likeness (QED) is 0.842. The van der Waals surface area contributed by atoms with Crippen LogP contribution in [0.25, 0.3) is 0 Å². The third kappa shape index (κ3) is 3.99. The monoisotopic (exact) mass is 313 g/mol. The third-order valence-electron chi connectivity index (χ3n) is 3.41. The van der Waals surface area contributed by atoms with Gasteiger partial charge in [-0.25, -0.2) is 0 Å². The van der Waals surface area contributed by atoms with Crippen LogP contribution in [0.15, 0.2) is 22.7 Å². The number of aliphatic hydroxyl groups excluding tert-OH is 1. The van der Waals surface area contributed by atoms with Crippen molar-refractivity contribution in [2.24, 2.45) is 5.92 Å². The Morgan fingerprint density at radius 1 is 1.28 bits per heavy atom. The van der Waals surface area contributed by atoms with Crippen LogP contribution in [0.2, 0.25) is 0 Å². The van der Waals surface area contributed by atoms with Crippen molar-refractivity contribution in [2.75, 3.05) is 18.0 Å². The predicted octanol–water partition coefficient (Wildman–Crippen LogP) is 4.37. The van der Waals surface area contributed by atoms with Crippen LogP contribution in [0.1, 0.15) is 45.8 Å². The van der Waals surface area contributed by atoms with E-state index in [1.165, 1.54) is 12.1 Å². The van der Waals surface area contributed by atoms with E-state index in [4.69, 9.17) is 0 Å². The van der Waals surface area contributed by atoms with E-state index in [-0.39, 0.29) is 0 Å². The highest BCUT2D eigenvalue weighted by Gasteiger charge is 2.12. The van der Waals surface area contributed by atoms with E-state index in [9.17, 15) is 5.11 Å². The van der Waals surface area contributed by atoms with Crippen LogP contribution in [-0.4, -0.2) is 18.2 Å². The number of aliphatic hydroxyl groups is 1. The normalized spacial score (nSPS) is 14.3. The summed E-state index contributed by atoms with van der Waals surface area (Å²) >= 11 is 3.62. The van der Waals surface area contributed by atoms with E-state index in [1.807, 2.05) is 12.1 Å². The van der Waals surface area contributed by atoms with E-state index in [0.29, 0.717) is 5.92 Å². The summed E-state index contributed by atoms with van der Waals surface area (Å²) in [5.41, 5.74) is 2.16. The molecule has 0 aliphatic heterocycles. The molecule has 0 aromatic heterocycles. The summed E-state index contributed by atoms with van der Waals surface area (Å²) in [6, 6.07) is 6.11. The number of hydrogen-bond acceptors (Lipinski definition) is 2. The van der Waals surface area contributed by atoms with Crippen LogP contribution >= 0.6 is 15.9 Å². The first-order valence-electron chi connectivity index (χ1n) is 6.72. The van der Waals surface area contributed by atoms with Gasteiger partial charge in [-0.3, -0.25) is 0 Å². The maximum atomic E-state index is 9.58. The second-order valence-electron chi connectivity index (χ2n) is 4.94. The number of halogens is 1. The highest BCUT2D eigenvalue weighted by Crippen LogP contribution is 2.30. The maximum absolute atomic E-state index is 9.58. The molecule has 2 atom stereocenters. The first-order valence-corrected chi connectivity index (χ1v) is 7.51. The molecular formula is C15H24BrNO. The molecule has 2 nitrogen and oxygen atoms in total. The second kappa shape index (κ2) is 7.15. The SMILES string of the molecule is CCC(C)CN(CC)c1ccc([C@@H](C)O)cc1Br. The van der Waals surface area contributed by atoms with Gasteiger partial charge in [-0.2, -0.15) is 0 Å². The predicted molar refractivity (Wildman–Crippen MR) is 82.1 cm³/mol. The Balaban J connectivity index is 2.93. The van der Waals surface area contributed by atoms with Crippen molar-refractivity contribution in [1.29, 1.82) is 0 Å². The van der Waals surface area contributed by atoms with Crippen molar-refractivity contribution >= 4 is 21.6 Å². The van der Waals surface area contributed by atoms with Gasteiger partial charge in [-0.15, -0.1) is 0 Å². The lowest BCUT2D eigenvalue weighted by atomic mass is 10.1. The van der Waals surface area contributed by atoms with Gasteiger partial charge in [-0.1, -0.05) is 26.3 Å². The lowest BCUT2D eigenvalue weighted by molar-refractivity contribution is 0.199. The van der Waals surface area contributed by atoms with Gasteiger partial charge in [0.1, 0.15) is 0 Å². The van der Waals surface area contributed by atoms with Crippen molar-refractivity contribution in [3.05, 3.63) is 28.2 Å². The molecule has 0 spiro atoms. The Labute approximate surface area is 119 Å². The molecule has 0 radical (unpaired) electrons. The number of anilines is 1. The van der Waals surface area contributed by atoms with E-state index in [0.717, 1.165) is 23.1 Å². The number of benzene rings is 1. The minimum absolute atomic E-state index is 0.417. The Hall–Kier alpha value is -0.540. The van der Waals surface area contributed by atoms with Gasteiger partial charge >= 0.3 is 0 Å².